The first-order valence-electron chi connectivity index (χ1n) is 4.40. The van der Waals surface area contributed by atoms with Gasteiger partial charge in [-0.2, -0.15) is 0 Å². The van der Waals surface area contributed by atoms with Crippen LogP contribution in [-0.2, 0) is 0 Å². The van der Waals surface area contributed by atoms with E-state index in [1.807, 2.05) is 22.6 Å². The van der Waals surface area contributed by atoms with E-state index in [-0.39, 0.29) is 11.1 Å². The maximum absolute atomic E-state index is 13.4. The van der Waals surface area contributed by atoms with Gasteiger partial charge in [-0.25, -0.2) is 13.2 Å². The molecule has 0 unspecified atom stereocenters. The summed E-state index contributed by atoms with van der Waals surface area (Å²) in [5, 5.41) is 0. The van der Waals surface area contributed by atoms with Gasteiger partial charge in [0.15, 0.2) is 0 Å². The van der Waals surface area contributed by atoms with Crippen LogP contribution in [0, 0.1) is 27.1 Å². The third kappa shape index (κ3) is 2.21. The Kier molecular flexibility index (Phi) is 3.18. The first-order valence-corrected chi connectivity index (χ1v) is 5.48. The van der Waals surface area contributed by atoms with Crippen molar-refractivity contribution >= 4 is 22.6 Å². The topological polar surface area (TPSA) is 0 Å². The largest absolute Gasteiger partial charge is 0.206 e. The molecule has 0 fully saturated rings. The van der Waals surface area contributed by atoms with E-state index in [4.69, 9.17) is 0 Å². The third-order valence-electron chi connectivity index (χ3n) is 2.05. The van der Waals surface area contributed by atoms with Crippen molar-refractivity contribution in [3.8, 4) is 11.1 Å². The van der Waals surface area contributed by atoms with Crippen molar-refractivity contribution in [3.05, 3.63) is 57.4 Å². The van der Waals surface area contributed by atoms with Crippen molar-refractivity contribution in [1.29, 1.82) is 0 Å². The zero-order valence-electron chi connectivity index (χ0n) is 7.90. The number of hydrogen-bond acceptors (Lipinski definition) is 0. The highest BCUT2D eigenvalue weighted by molar-refractivity contribution is 14.1. The molecule has 0 bridgehead atoms. The molecule has 81 valence electrons. The molecule has 0 saturated heterocycles. The Morgan fingerprint density at radius 2 is 1.62 bits per heavy atom. The Hall–Kier alpha value is -1.04. The van der Waals surface area contributed by atoms with E-state index in [1.54, 1.807) is 0 Å². The van der Waals surface area contributed by atoms with Crippen molar-refractivity contribution in [2.24, 2.45) is 0 Å². The summed E-state index contributed by atoms with van der Waals surface area (Å²) in [5.74, 6) is -2.05. The van der Waals surface area contributed by atoms with Crippen LogP contribution in [-0.4, -0.2) is 0 Å². The molecule has 0 aromatic heterocycles. The third-order valence-corrected chi connectivity index (χ3v) is 2.64. The van der Waals surface area contributed by atoms with Gasteiger partial charge in [0, 0.05) is 9.64 Å². The molecule has 2 aromatic carbocycles. The van der Waals surface area contributed by atoms with Crippen LogP contribution < -0.4 is 0 Å². The van der Waals surface area contributed by atoms with Crippen molar-refractivity contribution in [2.45, 2.75) is 0 Å². The van der Waals surface area contributed by atoms with Gasteiger partial charge in [-0.1, -0.05) is 6.07 Å². The fourth-order valence-corrected chi connectivity index (χ4v) is 2.01. The highest BCUT2D eigenvalue weighted by Gasteiger charge is 2.12. The van der Waals surface area contributed by atoms with E-state index in [1.165, 1.54) is 12.1 Å². The predicted molar refractivity (Wildman–Crippen MR) is 63.3 cm³/mol. The molecule has 0 saturated carbocycles. The molecular weight excluding hydrogens is 328 g/mol. The monoisotopic (exact) mass is 333 g/mol. The number of benzene rings is 2. The Labute approximate surface area is 104 Å². The molecule has 0 amide bonds. The van der Waals surface area contributed by atoms with Crippen LogP contribution in [0.25, 0.3) is 11.1 Å². The maximum Gasteiger partial charge on any atom is 0.133 e. The van der Waals surface area contributed by atoms with E-state index in [2.05, 4.69) is 6.07 Å². The lowest BCUT2D eigenvalue weighted by molar-refractivity contribution is 0.588. The van der Waals surface area contributed by atoms with Gasteiger partial charge < -0.3 is 0 Å². The second-order valence-corrected chi connectivity index (χ2v) is 4.32. The van der Waals surface area contributed by atoms with Gasteiger partial charge in [-0.05, 0) is 52.4 Å². The van der Waals surface area contributed by atoms with Crippen molar-refractivity contribution < 1.29 is 13.2 Å². The Balaban J connectivity index is 2.67. The summed E-state index contributed by atoms with van der Waals surface area (Å²) in [4.78, 5) is 0. The molecule has 0 spiro atoms. The quantitative estimate of drug-likeness (QED) is 0.687. The Morgan fingerprint density at radius 1 is 1.00 bits per heavy atom. The lowest BCUT2D eigenvalue weighted by Gasteiger charge is -2.05. The van der Waals surface area contributed by atoms with E-state index >= 15 is 0 Å². The fraction of sp³-hybridized carbons (Fsp3) is 0. The van der Waals surface area contributed by atoms with Gasteiger partial charge in [0.05, 0.1) is 5.56 Å². The van der Waals surface area contributed by atoms with Crippen LogP contribution in [0.4, 0.5) is 13.2 Å². The smallest absolute Gasteiger partial charge is 0.133 e. The van der Waals surface area contributed by atoms with E-state index < -0.39 is 17.5 Å². The van der Waals surface area contributed by atoms with Gasteiger partial charge in [0.1, 0.15) is 17.5 Å². The summed E-state index contributed by atoms with van der Waals surface area (Å²) in [6.07, 6.45) is 0. The van der Waals surface area contributed by atoms with Gasteiger partial charge in [-0.15, -0.1) is 0 Å². The fourth-order valence-electron chi connectivity index (χ4n) is 1.42. The first kappa shape index (κ1) is 11.4. The lowest BCUT2D eigenvalue weighted by Crippen LogP contribution is -1.91. The second-order valence-electron chi connectivity index (χ2n) is 3.16. The maximum atomic E-state index is 13.4. The highest BCUT2D eigenvalue weighted by atomic mass is 127. The molecular formula is C12H5F3I. The van der Waals surface area contributed by atoms with Crippen LogP contribution in [0.1, 0.15) is 0 Å². The first-order chi connectivity index (χ1) is 7.58. The van der Waals surface area contributed by atoms with E-state index in [0.717, 1.165) is 18.2 Å². The van der Waals surface area contributed by atoms with E-state index in [0.29, 0.717) is 3.57 Å². The minimum Gasteiger partial charge on any atom is -0.206 e. The second kappa shape index (κ2) is 4.45. The predicted octanol–water partition coefficient (Wildman–Crippen LogP) is 4.18. The number of hydrogen-bond donors (Lipinski definition) is 0. The molecule has 0 N–H and O–H groups in total. The standard InChI is InChI=1S/C12H5F3I/c13-8-4-7(5-9(16)6-8)12-10(14)2-1-3-11(12)15/h1-5H. The molecule has 16 heavy (non-hydrogen) atoms. The van der Waals surface area contributed by atoms with Gasteiger partial charge in [-0.3, -0.25) is 0 Å². The molecule has 0 aliphatic rings. The molecule has 0 aliphatic heterocycles. The average Bonchev–Trinajstić information content (AvgIpc) is 2.15. The Bertz CT molecular complexity index is 497. The molecule has 0 nitrogen and oxygen atoms in total. The van der Waals surface area contributed by atoms with Crippen molar-refractivity contribution in [2.75, 3.05) is 0 Å². The molecule has 2 aromatic rings. The van der Waals surface area contributed by atoms with Gasteiger partial charge in [0.25, 0.3) is 0 Å². The summed E-state index contributed by atoms with van der Waals surface area (Å²) in [6, 6.07) is 8.48. The molecule has 1 radical (unpaired) electrons. The van der Waals surface area contributed by atoms with Crippen LogP contribution in [0.5, 0.6) is 0 Å². The number of halogens is 4. The summed E-state index contributed by atoms with van der Waals surface area (Å²) in [7, 11) is 0. The highest BCUT2D eigenvalue weighted by Crippen LogP contribution is 2.27. The molecule has 0 aliphatic carbocycles. The minimum atomic E-state index is -0.707. The SMILES string of the molecule is Fc1[c]c(I)cc(-c2c(F)cccc2F)c1. The van der Waals surface area contributed by atoms with Crippen LogP contribution in [0.3, 0.4) is 0 Å². The van der Waals surface area contributed by atoms with Gasteiger partial charge in [0.2, 0.25) is 0 Å². The average molecular weight is 333 g/mol. The summed E-state index contributed by atoms with van der Waals surface area (Å²) < 4.78 is 40.4. The number of rotatable bonds is 1. The zero-order chi connectivity index (χ0) is 11.7. The Morgan fingerprint density at radius 3 is 2.19 bits per heavy atom. The van der Waals surface area contributed by atoms with Crippen molar-refractivity contribution in [3.63, 3.8) is 0 Å². The molecule has 4 heteroatoms. The van der Waals surface area contributed by atoms with E-state index in [9.17, 15) is 13.2 Å². The lowest BCUT2D eigenvalue weighted by atomic mass is 10.0. The molecule has 0 atom stereocenters. The van der Waals surface area contributed by atoms with Gasteiger partial charge >= 0.3 is 0 Å². The molecule has 0 heterocycles. The van der Waals surface area contributed by atoms with Crippen LogP contribution in [0.15, 0.2) is 30.3 Å². The minimum absolute atomic E-state index is 0.177. The summed E-state index contributed by atoms with van der Waals surface area (Å²) in [5.41, 5.74) is -0.0374. The van der Waals surface area contributed by atoms with Crippen LogP contribution >= 0.6 is 22.6 Å². The summed E-state index contributed by atoms with van der Waals surface area (Å²) in [6.45, 7) is 0. The molecule has 2 rings (SSSR count). The zero-order valence-corrected chi connectivity index (χ0v) is 10.1. The normalized spacial score (nSPS) is 10.5. The summed E-state index contributed by atoms with van der Waals surface area (Å²) >= 11 is 1.84. The van der Waals surface area contributed by atoms with Crippen molar-refractivity contribution in [1.82, 2.24) is 0 Å². The van der Waals surface area contributed by atoms with Crippen LogP contribution in [0.2, 0.25) is 0 Å².